The number of rotatable bonds is 3. The molecule has 0 aromatic heterocycles. The van der Waals surface area contributed by atoms with Crippen LogP contribution >= 0.6 is 0 Å². The summed E-state index contributed by atoms with van der Waals surface area (Å²) in [6.45, 7) is 0. The predicted octanol–water partition coefficient (Wildman–Crippen LogP) is 3.66. The molecule has 0 saturated heterocycles. The van der Waals surface area contributed by atoms with Gasteiger partial charge in [-0.05, 0) is 17.2 Å². The minimum atomic E-state index is -0.452. The molecule has 19 heavy (non-hydrogen) atoms. The fourth-order valence-corrected chi connectivity index (χ4v) is 1.69. The van der Waals surface area contributed by atoms with Gasteiger partial charge in [0.1, 0.15) is 0 Å². The van der Waals surface area contributed by atoms with Crippen molar-refractivity contribution < 1.29 is 4.92 Å². The molecule has 4 nitrogen and oxygen atoms in total. The van der Waals surface area contributed by atoms with E-state index in [1.807, 2.05) is 30.3 Å². The van der Waals surface area contributed by atoms with Gasteiger partial charge >= 0.3 is 0 Å². The van der Waals surface area contributed by atoms with Crippen LogP contribution in [0.15, 0.2) is 54.6 Å². The van der Waals surface area contributed by atoms with Gasteiger partial charge in [-0.15, -0.1) is 0 Å². The molecule has 0 aliphatic carbocycles. The van der Waals surface area contributed by atoms with Crippen LogP contribution in [0, 0.1) is 21.4 Å². The van der Waals surface area contributed by atoms with Crippen LogP contribution in [-0.4, -0.2) is 4.92 Å². The Morgan fingerprint density at radius 1 is 1.16 bits per heavy atom. The first-order valence-corrected chi connectivity index (χ1v) is 5.62. The van der Waals surface area contributed by atoms with Gasteiger partial charge in [0.25, 0.3) is 5.69 Å². The highest BCUT2D eigenvalue weighted by Gasteiger charge is 2.05. The van der Waals surface area contributed by atoms with E-state index in [0.29, 0.717) is 11.1 Å². The summed E-state index contributed by atoms with van der Waals surface area (Å²) >= 11 is 0. The van der Waals surface area contributed by atoms with Crippen molar-refractivity contribution in [1.29, 1.82) is 5.26 Å². The molecule has 0 N–H and O–H groups in total. The van der Waals surface area contributed by atoms with Crippen molar-refractivity contribution in [1.82, 2.24) is 0 Å². The van der Waals surface area contributed by atoms with Gasteiger partial charge in [-0.3, -0.25) is 10.1 Å². The van der Waals surface area contributed by atoms with Gasteiger partial charge in [-0.1, -0.05) is 42.5 Å². The average molecular weight is 250 g/mol. The molecule has 0 aliphatic heterocycles. The molecule has 0 aliphatic rings. The second kappa shape index (κ2) is 5.61. The van der Waals surface area contributed by atoms with E-state index >= 15 is 0 Å². The molecule has 0 radical (unpaired) electrons. The maximum Gasteiger partial charge on any atom is 0.270 e. The van der Waals surface area contributed by atoms with Crippen molar-refractivity contribution in [2.45, 2.75) is 0 Å². The molecule has 2 aromatic rings. The summed E-state index contributed by atoms with van der Waals surface area (Å²) in [7, 11) is 0. The quantitative estimate of drug-likeness (QED) is 0.361. The van der Waals surface area contributed by atoms with Gasteiger partial charge < -0.3 is 0 Å². The van der Waals surface area contributed by atoms with E-state index in [1.165, 1.54) is 12.1 Å². The number of nitro groups is 1. The van der Waals surface area contributed by atoms with Crippen molar-refractivity contribution in [2.75, 3.05) is 0 Å². The first kappa shape index (κ1) is 12.5. The second-order valence-electron chi connectivity index (χ2n) is 3.89. The van der Waals surface area contributed by atoms with E-state index in [2.05, 4.69) is 6.07 Å². The van der Waals surface area contributed by atoms with Crippen LogP contribution in [0.4, 0.5) is 5.69 Å². The lowest BCUT2D eigenvalue weighted by molar-refractivity contribution is -0.384. The Morgan fingerprint density at radius 3 is 2.53 bits per heavy atom. The first-order valence-electron chi connectivity index (χ1n) is 5.62. The summed E-state index contributed by atoms with van der Waals surface area (Å²) in [6, 6.07) is 17.5. The molecule has 92 valence electrons. The molecule has 0 amide bonds. The summed E-state index contributed by atoms with van der Waals surface area (Å²) in [6.07, 6.45) is 1.64. The largest absolute Gasteiger partial charge is 0.270 e. The minimum Gasteiger partial charge on any atom is -0.258 e. The molecule has 0 bridgehead atoms. The van der Waals surface area contributed by atoms with Crippen molar-refractivity contribution in [3.63, 3.8) is 0 Å². The normalized spacial score (nSPS) is 10.8. The number of nitrogens with zero attached hydrogens (tertiary/aromatic N) is 2. The van der Waals surface area contributed by atoms with Gasteiger partial charge in [0.05, 0.1) is 16.6 Å². The van der Waals surface area contributed by atoms with Crippen LogP contribution in [0.5, 0.6) is 0 Å². The lowest BCUT2D eigenvalue weighted by Crippen LogP contribution is -1.88. The monoisotopic (exact) mass is 250 g/mol. The summed E-state index contributed by atoms with van der Waals surface area (Å²) in [5.74, 6) is 0. The highest BCUT2D eigenvalue weighted by atomic mass is 16.6. The maximum atomic E-state index is 10.7. The van der Waals surface area contributed by atoms with Crippen LogP contribution in [0.3, 0.4) is 0 Å². The van der Waals surface area contributed by atoms with E-state index in [9.17, 15) is 10.1 Å². The number of hydrogen-bond donors (Lipinski definition) is 0. The molecular weight excluding hydrogens is 240 g/mol. The Kier molecular flexibility index (Phi) is 3.70. The third kappa shape index (κ3) is 3.05. The van der Waals surface area contributed by atoms with Crippen LogP contribution < -0.4 is 0 Å². The fourth-order valence-electron chi connectivity index (χ4n) is 1.69. The van der Waals surface area contributed by atoms with Gasteiger partial charge in [-0.2, -0.15) is 5.26 Å². The molecule has 2 rings (SSSR count). The number of hydrogen-bond acceptors (Lipinski definition) is 3. The van der Waals surface area contributed by atoms with E-state index in [1.54, 1.807) is 18.2 Å². The number of allylic oxidation sites excluding steroid dienone is 1. The SMILES string of the molecule is N#C/C(=C/c1cccc([N+](=O)[O-])c1)c1ccccc1. The Morgan fingerprint density at radius 2 is 1.89 bits per heavy atom. The summed E-state index contributed by atoms with van der Waals surface area (Å²) in [4.78, 5) is 10.2. The molecule has 0 spiro atoms. The van der Waals surface area contributed by atoms with E-state index in [0.717, 1.165) is 5.56 Å². The molecule has 0 saturated carbocycles. The first-order chi connectivity index (χ1) is 9.20. The second-order valence-corrected chi connectivity index (χ2v) is 3.89. The zero-order valence-corrected chi connectivity index (χ0v) is 9.98. The number of nitro benzene ring substituents is 1. The van der Waals surface area contributed by atoms with Crippen LogP contribution in [0.25, 0.3) is 11.6 Å². The molecule has 0 fully saturated rings. The predicted molar refractivity (Wildman–Crippen MR) is 73.0 cm³/mol. The van der Waals surface area contributed by atoms with E-state index < -0.39 is 4.92 Å². The number of nitriles is 1. The minimum absolute atomic E-state index is 0.0131. The molecule has 0 unspecified atom stereocenters. The standard InChI is InChI=1S/C15H10N2O2/c16-11-14(13-6-2-1-3-7-13)9-12-5-4-8-15(10-12)17(18)19/h1-10H/b14-9-. The highest BCUT2D eigenvalue weighted by Crippen LogP contribution is 2.20. The van der Waals surface area contributed by atoms with Crippen LogP contribution in [-0.2, 0) is 0 Å². The molecular formula is C15H10N2O2. The fraction of sp³-hybridized carbons (Fsp3) is 0. The summed E-state index contributed by atoms with van der Waals surface area (Å²) in [5, 5.41) is 19.9. The Balaban J connectivity index is 2.42. The van der Waals surface area contributed by atoms with Gasteiger partial charge in [0.2, 0.25) is 0 Å². The highest BCUT2D eigenvalue weighted by molar-refractivity contribution is 5.89. The Labute approximate surface area is 110 Å². The lowest BCUT2D eigenvalue weighted by Gasteiger charge is -1.99. The summed E-state index contributed by atoms with van der Waals surface area (Å²) in [5.41, 5.74) is 1.91. The molecule has 0 atom stereocenters. The number of benzene rings is 2. The molecule has 2 aromatic carbocycles. The molecule has 4 heteroatoms. The van der Waals surface area contributed by atoms with Crippen molar-refractivity contribution in [3.8, 4) is 6.07 Å². The van der Waals surface area contributed by atoms with Gasteiger partial charge in [0, 0.05) is 12.1 Å². The topological polar surface area (TPSA) is 66.9 Å². The van der Waals surface area contributed by atoms with Crippen molar-refractivity contribution >= 4 is 17.3 Å². The smallest absolute Gasteiger partial charge is 0.258 e. The molecule has 0 heterocycles. The number of non-ortho nitro benzene ring substituents is 1. The van der Waals surface area contributed by atoms with Crippen LogP contribution in [0.2, 0.25) is 0 Å². The third-order valence-corrected chi connectivity index (χ3v) is 2.60. The maximum absolute atomic E-state index is 10.7. The van der Waals surface area contributed by atoms with Gasteiger partial charge in [0.15, 0.2) is 0 Å². The van der Waals surface area contributed by atoms with E-state index in [4.69, 9.17) is 5.26 Å². The van der Waals surface area contributed by atoms with Crippen LogP contribution in [0.1, 0.15) is 11.1 Å². The lowest BCUT2D eigenvalue weighted by atomic mass is 10.0. The van der Waals surface area contributed by atoms with E-state index in [-0.39, 0.29) is 5.69 Å². The third-order valence-electron chi connectivity index (χ3n) is 2.60. The van der Waals surface area contributed by atoms with Crippen molar-refractivity contribution in [3.05, 3.63) is 75.8 Å². The zero-order valence-electron chi connectivity index (χ0n) is 9.98. The average Bonchev–Trinajstić information content (AvgIpc) is 2.46. The van der Waals surface area contributed by atoms with Crippen molar-refractivity contribution in [2.24, 2.45) is 0 Å². The Hall–Kier alpha value is -2.93. The zero-order chi connectivity index (χ0) is 13.7. The van der Waals surface area contributed by atoms with Gasteiger partial charge in [-0.25, -0.2) is 0 Å². The Bertz CT molecular complexity index is 670. The summed E-state index contributed by atoms with van der Waals surface area (Å²) < 4.78 is 0.